The Morgan fingerprint density at radius 1 is 1.20 bits per heavy atom. The maximum absolute atomic E-state index is 10.8. The number of hydrogen-bond acceptors (Lipinski definition) is 3. The Bertz CT molecular complexity index is 594. The lowest BCUT2D eigenvalue weighted by molar-refractivity contribution is 0.0696. The van der Waals surface area contributed by atoms with Crippen LogP contribution in [-0.2, 0) is 13.1 Å². The lowest BCUT2D eigenvalue weighted by atomic mass is 10.1. The topological polar surface area (TPSA) is 53.4 Å². The molecule has 1 N–H and O–H groups in total. The summed E-state index contributed by atoms with van der Waals surface area (Å²) in [6, 6.07) is 11.6. The monoisotopic (exact) mass is 270 g/mol. The molecule has 0 bridgehead atoms. The maximum Gasteiger partial charge on any atom is 0.337 e. The first-order valence-electron chi connectivity index (χ1n) is 6.47. The zero-order chi connectivity index (χ0) is 14.5. The van der Waals surface area contributed by atoms with Gasteiger partial charge in [-0.15, -0.1) is 0 Å². The molecule has 4 nitrogen and oxygen atoms in total. The summed E-state index contributed by atoms with van der Waals surface area (Å²) in [6.45, 7) is 3.63. The third-order valence-electron chi connectivity index (χ3n) is 3.21. The van der Waals surface area contributed by atoms with Gasteiger partial charge in [0, 0.05) is 19.3 Å². The van der Waals surface area contributed by atoms with Crippen molar-refractivity contribution in [1.29, 1.82) is 0 Å². The van der Waals surface area contributed by atoms with Crippen molar-refractivity contribution in [2.45, 2.75) is 20.0 Å². The first kappa shape index (κ1) is 14.2. The van der Waals surface area contributed by atoms with E-state index in [0.29, 0.717) is 6.54 Å². The highest BCUT2D eigenvalue weighted by atomic mass is 16.4. The molecule has 0 saturated heterocycles. The molecular formula is C16H18N2O2. The van der Waals surface area contributed by atoms with E-state index in [2.05, 4.69) is 28.9 Å². The molecule has 0 unspecified atom stereocenters. The van der Waals surface area contributed by atoms with Gasteiger partial charge in [-0.05, 0) is 37.2 Å². The molecule has 4 heteroatoms. The van der Waals surface area contributed by atoms with E-state index < -0.39 is 5.97 Å². The van der Waals surface area contributed by atoms with Gasteiger partial charge in [-0.1, -0.05) is 24.3 Å². The van der Waals surface area contributed by atoms with Crippen molar-refractivity contribution < 1.29 is 9.90 Å². The average molecular weight is 270 g/mol. The van der Waals surface area contributed by atoms with Crippen LogP contribution >= 0.6 is 0 Å². The molecule has 0 aliphatic rings. The Kier molecular flexibility index (Phi) is 4.48. The Morgan fingerprint density at radius 2 is 1.95 bits per heavy atom. The summed E-state index contributed by atoms with van der Waals surface area (Å²) in [5, 5.41) is 8.83. The van der Waals surface area contributed by atoms with Gasteiger partial charge in [-0.2, -0.15) is 0 Å². The van der Waals surface area contributed by atoms with E-state index in [1.54, 1.807) is 12.1 Å². The minimum atomic E-state index is -0.947. The van der Waals surface area contributed by atoms with E-state index in [1.165, 1.54) is 17.3 Å². The molecule has 1 aromatic heterocycles. The van der Waals surface area contributed by atoms with Crippen LogP contribution in [0.25, 0.3) is 0 Å². The Labute approximate surface area is 118 Å². The van der Waals surface area contributed by atoms with Gasteiger partial charge in [0.2, 0.25) is 0 Å². The molecule has 1 aromatic carbocycles. The molecule has 0 aliphatic heterocycles. The molecule has 2 aromatic rings. The van der Waals surface area contributed by atoms with Crippen LogP contribution in [0.1, 0.15) is 27.2 Å². The van der Waals surface area contributed by atoms with Gasteiger partial charge < -0.3 is 5.11 Å². The summed E-state index contributed by atoms with van der Waals surface area (Å²) in [5.41, 5.74) is 3.65. The quantitative estimate of drug-likeness (QED) is 0.907. The van der Waals surface area contributed by atoms with Crippen LogP contribution in [0.5, 0.6) is 0 Å². The van der Waals surface area contributed by atoms with Gasteiger partial charge in [0.05, 0.1) is 11.3 Å². The normalized spacial score (nSPS) is 10.8. The number of hydrogen-bond donors (Lipinski definition) is 1. The number of benzene rings is 1. The molecule has 0 fully saturated rings. The number of aryl methyl sites for hydroxylation is 1. The van der Waals surface area contributed by atoms with Crippen molar-refractivity contribution in [2.24, 2.45) is 0 Å². The van der Waals surface area contributed by atoms with Crippen LogP contribution in [0, 0.1) is 6.92 Å². The third-order valence-corrected chi connectivity index (χ3v) is 3.21. The van der Waals surface area contributed by atoms with Gasteiger partial charge in [-0.25, -0.2) is 4.79 Å². The highest BCUT2D eigenvalue weighted by molar-refractivity contribution is 5.87. The summed E-state index contributed by atoms with van der Waals surface area (Å²) in [6.07, 6.45) is 1.40. The predicted molar refractivity (Wildman–Crippen MR) is 77.5 cm³/mol. The van der Waals surface area contributed by atoms with Crippen LogP contribution in [0.4, 0.5) is 0 Å². The summed E-state index contributed by atoms with van der Waals surface area (Å²) in [5.74, 6) is -0.947. The standard InChI is InChI=1S/C16H18N2O2/c1-12-5-3-4-6-14(12)10-18(2)11-15-8-7-13(9-17-15)16(19)20/h3-9H,10-11H2,1-2H3,(H,19,20). The molecule has 0 spiro atoms. The number of aromatic carboxylic acids is 1. The molecular weight excluding hydrogens is 252 g/mol. The van der Waals surface area contributed by atoms with Crippen LogP contribution in [0.3, 0.4) is 0 Å². The molecule has 1 heterocycles. The number of carboxylic acids is 1. The molecule has 0 aliphatic carbocycles. The van der Waals surface area contributed by atoms with Crippen LogP contribution in [0.2, 0.25) is 0 Å². The largest absolute Gasteiger partial charge is 0.478 e. The van der Waals surface area contributed by atoms with Crippen LogP contribution in [0.15, 0.2) is 42.6 Å². The van der Waals surface area contributed by atoms with E-state index in [9.17, 15) is 4.79 Å². The van der Waals surface area contributed by atoms with Crippen molar-refractivity contribution in [3.8, 4) is 0 Å². The van der Waals surface area contributed by atoms with Gasteiger partial charge in [0.15, 0.2) is 0 Å². The van der Waals surface area contributed by atoms with Gasteiger partial charge >= 0.3 is 5.97 Å². The minimum Gasteiger partial charge on any atom is -0.478 e. The summed E-state index contributed by atoms with van der Waals surface area (Å²) in [4.78, 5) is 17.1. The zero-order valence-electron chi connectivity index (χ0n) is 11.7. The second kappa shape index (κ2) is 6.30. The van der Waals surface area contributed by atoms with Crippen molar-refractivity contribution in [3.63, 3.8) is 0 Å². The van der Waals surface area contributed by atoms with Crippen LogP contribution in [-0.4, -0.2) is 28.0 Å². The molecule has 2 rings (SSSR count). The Morgan fingerprint density at radius 3 is 2.55 bits per heavy atom. The third kappa shape index (κ3) is 3.65. The first-order chi connectivity index (χ1) is 9.56. The van der Waals surface area contributed by atoms with Crippen molar-refractivity contribution in [3.05, 3.63) is 65.0 Å². The zero-order valence-corrected chi connectivity index (χ0v) is 11.7. The number of aromatic nitrogens is 1. The lowest BCUT2D eigenvalue weighted by Gasteiger charge is -2.17. The van der Waals surface area contributed by atoms with E-state index in [4.69, 9.17) is 5.11 Å². The summed E-state index contributed by atoms with van der Waals surface area (Å²) >= 11 is 0. The smallest absolute Gasteiger partial charge is 0.337 e. The fourth-order valence-electron chi connectivity index (χ4n) is 2.06. The van der Waals surface area contributed by atoms with E-state index >= 15 is 0 Å². The van der Waals surface area contributed by atoms with Gasteiger partial charge in [-0.3, -0.25) is 9.88 Å². The fourth-order valence-corrected chi connectivity index (χ4v) is 2.06. The number of pyridine rings is 1. The first-order valence-corrected chi connectivity index (χ1v) is 6.47. The fraction of sp³-hybridized carbons (Fsp3) is 0.250. The van der Waals surface area contributed by atoms with Gasteiger partial charge in [0.25, 0.3) is 0 Å². The van der Waals surface area contributed by atoms with Crippen molar-refractivity contribution in [2.75, 3.05) is 7.05 Å². The van der Waals surface area contributed by atoms with Crippen molar-refractivity contribution >= 4 is 5.97 Å². The van der Waals surface area contributed by atoms with E-state index in [1.807, 2.05) is 19.2 Å². The summed E-state index contributed by atoms with van der Waals surface area (Å²) < 4.78 is 0. The molecule has 0 saturated carbocycles. The summed E-state index contributed by atoms with van der Waals surface area (Å²) in [7, 11) is 2.03. The van der Waals surface area contributed by atoms with Gasteiger partial charge in [0.1, 0.15) is 0 Å². The average Bonchev–Trinajstić information content (AvgIpc) is 2.42. The predicted octanol–water partition coefficient (Wildman–Crippen LogP) is 2.72. The molecule has 0 atom stereocenters. The highest BCUT2D eigenvalue weighted by Crippen LogP contribution is 2.11. The second-order valence-corrected chi connectivity index (χ2v) is 4.94. The molecule has 104 valence electrons. The maximum atomic E-state index is 10.8. The Hall–Kier alpha value is -2.20. The van der Waals surface area contributed by atoms with E-state index in [-0.39, 0.29) is 5.56 Å². The second-order valence-electron chi connectivity index (χ2n) is 4.94. The number of nitrogens with zero attached hydrogens (tertiary/aromatic N) is 2. The SMILES string of the molecule is Cc1ccccc1CN(C)Cc1ccc(C(=O)O)cn1. The number of rotatable bonds is 5. The van der Waals surface area contributed by atoms with E-state index in [0.717, 1.165) is 12.2 Å². The lowest BCUT2D eigenvalue weighted by Crippen LogP contribution is -2.18. The number of carboxylic acid groups (broad SMARTS) is 1. The molecule has 0 amide bonds. The molecule has 0 radical (unpaired) electrons. The van der Waals surface area contributed by atoms with Crippen molar-refractivity contribution in [1.82, 2.24) is 9.88 Å². The molecule has 20 heavy (non-hydrogen) atoms. The minimum absolute atomic E-state index is 0.218. The number of carbonyl (C=O) groups is 1. The Balaban J connectivity index is 1.99. The van der Waals surface area contributed by atoms with Crippen LogP contribution < -0.4 is 0 Å². The highest BCUT2D eigenvalue weighted by Gasteiger charge is 2.06.